The first-order valence-corrected chi connectivity index (χ1v) is 50.5. The molecule has 0 atom stereocenters. The van der Waals surface area contributed by atoms with Crippen LogP contribution in [0, 0.1) is 6.92 Å². The van der Waals surface area contributed by atoms with Crippen LogP contribution in [0.25, 0.3) is 44.5 Å². The Hall–Kier alpha value is -12.5. The average molecular weight is 1820 g/mol. The SMILES string of the molecule is CC(=O)N1CCn2c(C3CC3)nc(N3CCCc4cc(-c5cccc(S(N)(=O)=O)c5)ccc43)c2C1.CC(=O)N1CCn2c(C3CC3)nc(N3CCCc4cc(-c5ccnc(C)c5)ccc43)c2C1.CC(=O)N1CCn2c(C3CC3)nc(N3CCCc4cc(-c5cnn(C6CCC6)c5)ccc43)c2C1.CC(=O)N1CCn2c(C3CC3)nc(N3CCCc4cc(-c5cnn(CCO)c5)ccc43)c2C1. The van der Waals surface area contributed by atoms with E-state index in [1.54, 1.807) is 44.5 Å². The van der Waals surface area contributed by atoms with Crippen LogP contribution >= 0.6 is 0 Å². The Kier molecular flexibility index (Phi) is 23.1. The minimum Gasteiger partial charge on any atom is -0.394 e. The van der Waals surface area contributed by atoms with E-state index in [2.05, 4.69) is 143 Å². The van der Waals surface area contributed by atoms with E-state index in [1.165, 1.54) is 179 Å². The summed E-state index contributed by atoms with van der Waals surface area (Å²) in [4.78, 5) is 91.1. The molecule has 4 amide bonds. The molecule has 8 aliphatic heterocycles. The van der Waals surface area contributed by atoms with Crippen molar-refractivity contribution in [1.29, 1.82) is 0 Å². The number of fused-ring (bicyclic) bond motifs is 8. The number of nitrogens with zero attached hydrogens (tertiary/aromatic N) is 21. The zero-order valence-corrected chi connectivity index (χ0v) is 78.4. The lowest BCUT2D eigenvalue weighted by Gasteiger charge is -2.33. The second kappa shape index (κ2) is 35.7. The van der Waals surface area contributed by atoms with E-state index in [-0.39, 0.29) is 35.1 Å². The number of nitrogens with two attached hydrogens (primary N) is 1. The second-order valence-electron chi connectivity index (χ2n) is 39.1. The molecule has 12 aromatic rings. The number of amides is 4. The van der Waals surface area contributed by atoms with Crippen molar-refractivity contribution in [1.82, 2.24) is 82.3 Å². The third-order valence-electron chi connectivity index (χ3n) is 29.8. The van der Waals surface area contributed by atoms with Crippen LogP contribution in [0.4, 0.5) is 46.0 Å². The summed E-state index contributed by atoms with van der Waals surface area (Å²) in [5.74, 6) is 11.8. The lowest BCUT2D eigenvalue weighted by Crippen LogP contribution is -2.38. The average Bonchev–Trinajstić information content (AvgIpc) is 1.60. The summed E-state index contributed by atoms with van der Waals surface area (Å²) >= 11 is 0. The Labute approximate surface area is 782 Å². The van der Waals surface area contributed by atoms with Gasteiger partial charge in [-0.25, -0.2) is 33.5 Å². The van der Waals surface area contributed by atoms with E-state index < -0.39 is 10.0 Å². The molecule has 7 aromatic heterocycles. The molecule has 134 heavy (non-hydrogen) atoms. The van der Waals surface area contributed by atoms with Crippen molar-refractivity contribution in [3.63, 3.8) is 0 Å². The maximum atomic E-state index is 12.2. The number of carbonyl (C=O) groups is 4. The number of aromatic nitrogens is 13. The van der Waals surface area contributed by atoms with Crippen molar-refractivity contribution in [2.45, 2.75) is 250 Å². The smallest absolute Gasteiger partial charge is 0.238 e. The van der Waals surface area contributed by atoms with Crippen molar-refractivity contribution in [2.75, 3.05) is 78.6 Å². The summed E-state index contributed by atoms with van der Waals surface area (Å²) in [5, 5.41) is 23.5. The molecule has 0 spiro atoms. The van der Waals surface area contributed by atoms with Gasteiger partial charge in [0, 0.05) is 188 Å². The number of imidazole rings is 4. The van der Waals surface area contributed by atoms with Gasteiger partial charge in [-0.1, -0.05) is 36.4 Å². The van der Waals surface area contributed by atoms with E-state index in [9.17, 15) is 32.7 Å². The number of pyridine rings is 1. The van der Waals surface area contributed by atoms with Crippen LogP contribution < -0.4 is 24.7 Å². The van der Waals surface area contributed by atoms with Crippen molar-refractivity contribution < 1.29 is 32.7 Å². The molecule has 0 unspecified atom stereocenters. The maximum absolute atomic E-state index is 12.2. The molecule has 5 aliphatic carbocycles. The number of hydrogen-bond acceptors (Lipinski definition) is 18. The summed E-state index contributed by atoms with van der Waals surface area (Å²) in [5.41, 5.74) is 24.8. The first-order chi connectivity index (χ1) is 65.1. The molecule has 5 saturated carbocycles. The van der Waals surface area contributed by atoms with E-state index in [0.717, 1.165) is 193 Å². The highest BCUT2D eigenvalue weighted by molar-refractivity contribution is 7.89. The lowest BCUT2D eigenvalue weighted by molar-refractivity contribution is -0.131. The van der Waals surface area contributed by atoms with Gasteiger partial charge in [0.05, 0.1) is 85.4 Å². The number of aliphatic hydroxyl groups excluding tert-OH is 1. The summed E-state index contributed by atoms with van der Waals surface area (Å²) in [7, 11) is -3.76. The van der Waals surface area contributed by atoms with Crippen molar-refractivity contribution >= 4 is 79.7 Å². The summed E-state index contributed by atoms with van der Waals surface area (Å²) in [6.07, 6.45) is 32.0. The fraction of sp³-hybridized carbons (Fsp3) is 0.452. The van der Waals surface area contributed by atoms with Gasteiger partial charge in [0.1, 0.15) is 23.3 Å². The number of hydrogen-bond donors (Lipinski definition) is 2. The van der Waals surface area contributed by atoms with Crippen LogP contribution in [-0.4, -0.2) is 178 Å². The molecule has 15 heterocycles. The predicted molar refractivity (Wildman–Crippen MR) is 515 cm³/mol. The standard InChI is InChI=1S/C27H32N6O.C26H29N5O3S.C26H29N5O.C25H30N6O2/c1-18(34)30-12-13-32-25(17-30)27(29-26(32)19-7-8-19)31-11-3-4-21-14-20(9-10-24(21)31)22-15-28-33(16-22)23-5-2-6-23;1-17(32)29-12-13-31-24(16-29)26(28-25(31)18-7-8-18)30-11-3-5-21-14-20(9-10-23(21)30)19-4-2-6-22(15-19)35(27,33)34;1-17-14-21(9-10-27-17)20-7-8-23-22(15-20)4-3-11-30(23)26-24-16-29(18(2)32)12-13-31(24)25(28-26)19-5-6-19;1-17(33)28-9-10-31-23(16-28)25(27-24(31)18-4-5-18)30-8-2-3-20-13-19(6-7-22(20)30)21-14-26-29(15-21)11-12-32/h9-10,14-16,19,23H,2-8,11-13,17H2,1H3;2,4,6,9-10,14-15,18H,3,5,7-8,11-13,16H2,1H3,(H2,27,33,34);7-10,14-15,19H,3-6,11-13,16H2,1-2H3;6-7,13-15,18,32H,2-5,8-12,16H2,1H3. The molecule has 0 bridgehead atoms. The Morgan fingerprint density at radius 1 is 0.388 bits per heavy atom. The Bertz CT molecular complexity index is 6710. The van der Waals surface area contributed by atoms with Gasteiger partial charge in [0.2, 0.25) is 33.7 Å². The molecule has 30 heteroatoms. The van der Waals surface area contributed by atoms with Crippen LogP contribution in [0.2, 0.25) is 0 Å². The molecule has 5 fully saturated rings. The molecule has 29 nitrogen and oxygen atoms in total. The Morgan fingerprint density at radius 2 is 0.731 bits per heavy atom. The molecular weight excluding hydrogens is 1700 g/mol. The maximum Gasteiger partial charge on any atom is 0.238 e. The molecule has 25 rings (SSSR count). The number of aryl methyl sites for hydroxylation is 5. The zero-order valence-electron chi connectivity index (χ0n) is 77.6. The van der Waals surface area contributed by atoms with Crippen LogP contribution in [0.5, 0.6) is 0 Å². The fourth-order valence-electron chi connectivity index (χ4n) is 21.7. The molecular formula is C104H120N22O7S. The predicted octanol–water partition coefficient (Wildman–Crippen LogP) is 16.0. The number of rotatable bonds is 16. The lowest BCUT2D eigenvalue weighted by atomic mass is 9.93. The normalized spacial score (nSPS) is 18.4. The molecule has 13 aliphatic rings. The molecule has 5 aromatic carbocycles. The van der Waals surface area contributed by atoms with Crippen molar-refractivity contribution in [2.24, 2.45) is 5.14 Å². The first-order valence-electron chi connectivity index (χ1n) is 48.9. The van der Waals surface area contributed by atoms with Crippen LogP contribution in [0.15, 0.2) is 145 Å². The quantitative estimate of drug-likeness (QED) is 0.0908. The van der Waals surface area contributed by atoms with Crippen molar-refractivity contribution in [3.8, 4) is 44.5 Å². The minimum atomic E-state index is -3.76. The van der Waals surface area contributed by atoms with Crippen LogP contribution in [0.1, 0.15) is 228 Å². The second-order valence-corrected chi connectivity index (χ2v) is 40.7. The summed E-state index contributed by atoms with van der Waals surface area (Å²) < 4.78 is 37.2. The topological polar surface area (TPSA) is 294 Å². The minimum absolute atomic E-state index is 0.0825. The molecule has 3 N–H and O–H groups in total. The van der Waals surface area contributed by atoms with Gasteiger partial charge in [-0.15, -0.1) is 0 Å². The number of anilines is 8. The highest BCUT2D eigenvalue weighted by Crippen LogP contribution is 2.51. The number of carbonyl (C=O) groups excluding carboxylic acids is 4. The van der Waals surface area contributed by atoms with Gasteiger partial charge in [-0.05, 0) is 257 Å². The van der Waals surface area contributed by atoms with Crippen LogP contribution in [-0.2, 0) is 114 Å². The van der Waals surface area contributed by atoms with E-state index in [4.69, 9.17) is 25.1 Å². The van der Waals surface area contributed by atoms with Gasteiger partial charge in [0.25, 0.3) is 0 Å². The van der Waals surface area contributed by atoms with Gasteiger partial charge >= 0.3 is 0 Å². The highest BCUT2D eigenvalue weighted by Gasteiger charge is 2.43. The Morgan fingerprint density at radius 3 is 1.06 bits per heavy atom. The monoisotopic (exact) mass is 1820 g/mol. The van der Waals surface area contributed by atoms with Crippen molar-refractivity contribution in [3.05, 3.63) is 214 Å². The van der Waals surface area contributed by atoms with E-state index >= 15 is 0 Å². The molecule has 0 radical (unpaired) electrons. The highest BCUT2D eigenvalue weighted by atomic mass is 32.2. The third kappa shape index (κ3) is 17.2. The van der Waals surface area contributed by atoms with E-state index in [0.29, 0.717) is 62.4 Å². The fourth-order valence-corrected chi connectivity index (χ4v) is 22.3. The number of primary sulfonamides is 1. The molecule has 0 saturated heterocycles. The molecule has 694 valence electrons. The van der Waals surface area contributed by atoms with Gasteiger partial charge in [-0.3, -0.25) is 33.5 Å². The first kappa shape index (κ1) is 86.8. The summed E-state index contributed by atoms with van der Waals surface area (Å²) in [6, 6.07) is 38.2. The van der Waals surface area contributed by atoms with Gasteiger partial charge < -0.3 is 62.6 Å². The van der Waals surface area contributed by atoms with E-state index in [1.807, 2.05) is 63.4 Å². The summed E-state index contributed by atoms with van der Waals surface area (Å²) in [6.45, 7) is 22.0. The van der Waals surface area contributed by atoms with Gasteiger partial charge in [0.15, 0.2) is 23.3 Å². The third-order valence-corrected chi connectivity index (χ3v) is 30.7. The number of aliphatic hydroxyl groups is 1. The van der Waals surface area contributed by atoms with Crippen LogP contribution in [0.3, 0.4) is 0 Å². The van der Waals surface area contributed by atoms with Gasteiger partial charge in [-0.2, -0.15) is 10.2 Å². The largest absolute Gasteiger partial charge is 0.394 e. The zero-order chi connectivity index (χ0) is 91.5. The number of sulfonamides is 1. The number of benzene rings is 5. The Balaban J connectivity index is 0.000000104.